The number of nitrogens with zero attached hydrogens (tertiary/aromatic N) is 1. The highest BCUT2D eigenvalue weighted by atomic mass is 79.9. The van der Waals surface area contributed by atoms with Crippen LogP contribution in [0.4, 0.5) is 0 Å². The lowest BCUT2D eigenvalue weighted by Gasteiger charge is -2.30. The molecule has 1 N–H and O–H groups in total. The molecule has 0 saturated carbocycles. The van der Waals surface area contributed by atoms with Gasteiger partial charge in [-0.15, -0.1) is 0 Å². The summed E-state index contributed by atoms with van der Waals surface area (Å²) in [4.78, 5) is 2.30. The van der Waals surface area contributed by atoms with Crippen LogP contribution in [0, 0.1) is 0 Å². The fraction of sp³-hybridized carbons (Fsp3) is 0.571. The average molecular weight is 335 g/mol. The number of rotatable bonds is 7. The van der Waals surface area contributed by atoms with Crippen molar-refractivity contribution >= 4 is 27.5 Å². The maximum Gasteiger partial charge on any atom is 0.0558 e. The van der Waals surface area contributed by atoms with Gasteiger partial charge in [-0.2, -0.15) is 0 Å². The highest BCUT2D eigenvalue weighted by Gasteiger charge is 2.16. The molecule has 102 valence electrons. The maximum absolute atomic E-state index is 9.19. The Morgan fingerprint density at radius 3 is 2.50 bits per heavy atom. The van der Waals surface area contributed by atoms with E-state index < -0.39 is 0 Å². The zero-order chi connectivity index (χ0) is 13.5. The molecule has 18 heavy (non-hydrogen) atoms. The third-order valence-corrected chi connectivity index (χ3v) is 4.08. The van der Waals surface area contributed by atoms with E-state index in [0.717, 1.165) is 34.4 Å². The van der Waals surface area contributed by atoms with Crippen LogP contribution in [-0.2, 0) is 6.54 Å². The van der Waals surface area contributed by atoms with Gasteiger partial charge in [0.2, 0.25) is 0 Å². The first-order valence-corrected chi connectivity index (χ1v) is 7.58. The van der Waals surface area contributed by atoms with Crippen molar-refractivity contribution in [1.29, 1.82) is 0 Å². The molecule has 0 radical (unpaired) electrons. The third-order valence-electron chi connectivity index (χ3n) is 3.23. The number of aliphatic hydroxyl groups excluding tert-OH is 1. The Balaban J connectivity index is 2.82. The van der Waals surface area contributed by atoms with Gasteiger partial charge < -0.3 is 5.11 Å². The Kier molecular flexibility index (Phi) is 7.23. The van der Waals surface area contributed by atoms with Crippen LogP contribution in [0.2, 0.25) is 5.02 Å². The lowest BCUT2D eigenvalue weighted by Crippen LogP contribution is -2.36. The molecule has 0 aliphatic carbocycles. The summed E-state index contributed by atoms with van der Waals surface area (Å²) in [5, 5.41) is 9.96. The van der Waals surface area contributed by atoms with E-state index in [9.17, 15) is 5.11 Å². The Bertz CT molecular complexity index is 369. The number of hydrogen-bond acceptors (Lipinski definition) is 2. The highest BCUT2D eigenvalue weighted by Crippen LogP contribution is 2.24. The van der Waals surface area contributed by atoms with Crippen molar-refractivity contribution in [3.63, 3.8) is 0 Å². The van der Waals surface area contributed by atoms with Gasteiger partial charge in [-0.3, -0.25) is 4.90 Å². The monoisotopic (exact) mass is 333 g/mol. The number of benzene rings is 1. The average Bonchev–Trinajstić information content (AvgIpc) is 2.34. The molecular formula is C14H21BrClNO. The zero-order valence-corrected chi connectivity index (χ0v) is 13.3. The summed E-state index contributed by atoms with van der Waals surface area (Å²) in [6, 6.07) is 6.46. The fourth-order valence-electron chi connectivity index (χ4n) is 2.19. The van der Waals surface area contributed by atoms with Crippen molar-refractivity contribution in [3.8, 4) is 0 Å². The SMILES string of the molecule is CCC(CC)N(CCO)Cc1ccc(Br)cc1Cl. The van der Waals surface area contributed by atoms with Crippen LogP contribution in [0.15, 0.2) is 22.7 Å². The van der Waals surface area contributed by atoms with E-state index in [-0.39, 0.29) is 6.61 Å². The van der Waals surface area contributed by atoms with Crippen LogP contribution in [0.3, 0.4) is 0 Å². The molecule has 0 saturated heterocycles. The summed E-state index contributed by atoms with van der Waals surface area (Å²) in [5.74, 6) is 0. The van der Waals surface area contributed by atoms with Gasteiger partial charge in [0.25, 0.3) is 0 Å². The third kappa shape index (κ3) is 4.54. The van der Waals surface area contributed by atoms with Crippen molar-refractivity contribution in [2.75, 3.05) is 13.2 Å². The van der Waals surface area contributed by atoms with Crippen LogP contribution in [0.5, 0.6) is 0 Å². The summed E-state index contributed by atoms with van der Waals surface area (Å²) < 4.78 is 0.993. The van der Waals surface area contributed by atoms with Gasteiger partial charge in [-0.05, 0) is 30.5 Å². The molecule has 0 unspecified atom stereocenters. The van der Waals surface area contributed by atoms with Gasteiger partial charge in [0.05, 0.1) is 6.61 Å². The second kappa shape index (κ2) is 8.16. The molecule has 1 rings (SSSR count). The molecule has 2 nitrogen and oxygen atoms in total. The molecule has 0 fully saturated rings. The topological polar surface area (TPSA) is 23.5 Å². The van der Waals surface area contributed by atoms with Gasteiger partial charge in [0, 0.05) is 28.6 Å². The Morgan fingerprint density at radius 2 is 2.00 bits per heavy atom. The minimum Gasteiger partial charge on any atom is -0.395 e. The molecule has 0 bridgehead atoms. The van der Waals surface area contributed by atoms with Gasteiger partial charge in [-0.25, -0.2) is 0 Å². The van der Waals surface area contributed by atoms with Gasteiger partial charge in [0.1, 0.15) is 0 Å². The normalized spacial score (nSPS) is 11.5. The summed E-state index contributed by atoms with van der Waals surface area (Å²) in [7, 11) is 0. The summed E-state index contributed by atoms with van der Waals surface area (Å²) in [6.45, 7) is 6.03. The van der Waals surface area contributed by atoms with Crippen LogP contribution < -0.4 is 0 Å². The molecule has 1 aromatic rings. The minimum atomic E-state index is 0.185. The Hall–Kier alpha value is -0.0900. The molecule has 0 spiro atoms. The Labute approximate surface area is 123 Å². The second-order valence-electron chi connectivity index (χ2n) is 4.40. The highest BCUT2D eigenvalue weighted by molar-refractivity contribution is 9.10. The minimum absolute atomic E-state index is 0.185. The van der Waals surface area contributed by atoms with Crippen molar-refractivity contribution < 1.29 is 5.11 Å². The maximum atomic E-state index is 9.19. The van der Waals surface area contributed by atoms with Gasteiger partial charge in [-0.1, -0.05) is 47.4 Å². The summed E-state index contributed by atoms with van der Waals surface area (Å²) in [5.41, 5.74) is 1.11. The Morgan fingerprint density at radius 1 is 1.33 bits per heavy atom. The molecule has 0 heterocycles. The van der Waals surface area contributed by atoms with Crippen LogP contribution in [0.1, 0.15) is 32.3 Å². The first kappa shape index (κ1) is 16.0. The first-order chi connectivity index (χ1) is 8.62. The van der Waals surface area contributed by atoms with Crippen molar-refractivity contribution in [2.24, 2.45) is 0 Å². The van der Waals surface area contributed by atoms with E-state index in [1.807, 2.05) is 18.2 Å². The number of aliphatic hydroxyl groups is 1. The summed E-state index contributed by atoms with van der Waals surface area (Å²) in [6.07, 6.45) is 2.18. The fourth-order valence-corrected chi connectivity index (χ4v) is 2.93. The van der Waals surface area contributed by atoms with E-state index in [4.69, 9.17) is 11.6 Å². The van der Waals surface area contributed by atoms with Crippen molar-refractivity contribution in [1.82, 2.24) is 4.90 Å². The van der Waals surface area contributed by atoms with E-state index in [0.29, 0.717) is 12.6 Å². The molecule has 0 aliphatic rings. The van der Waals surface area contributed by atoms with Crippen LogP contribution in [-0.4, -0.2) is 29.2 Å². The lowest BCUT2D eigenvalue weighted by molar-refractivity contribution is 0.136. The number of halogens is 2. The van der Waals surface area contributed by atoms with E-state index in [1.54, 1.807) is 0 Å². The number of hydrogen-bond donors (Lipinski definition) is 1. The quantitative estimate of drug-likeness (QED) is 0.812. The van der Waals surface area contributed by atoms with Crippen molar-refractivity contribution in [3.05, 3.63) is 33.3 Å². The molecule has 1 aromatic carbocycles. The largest absolute Gasteiger partial charge is 0.395 e. The first-order valence-electron chi connectivity index (χ1n) is 6.41. The molecule has 0 atom stereocenters. The molecule has 4 heteroatoms. The van der Waals surface area contributed by atoms with E-state index >= 15 is 0 Å². The molecule has 0 aliphatic heterocycles. The van der Waals surface area contributed by atoms with Gasteiger partial charge in [0.15, 0.2) is 0 Å². The standard InChI is InChI=1S/C14H21BrClNO/c1-3-13(4-2)17(7-8-18)10-11-5-6-12(15)9-14(11)16/h5-6,9,13,18H,3-4,7-8,10H2,1-2H3. The van der Waals surface area contributed by atoms with E-state index in [2.05, 4.69) is 34.7 Å². The van der Waals surface area contributed by atoms with Crippen LogP contribution >= 0.6 is 27.5 Å². The van der Waals surface area contributed by atoms with Crippen molar-refractivity contribution in [2.45, 2.75) is 39.3 Å². The van der Waals surface area contributed by atoms with Crippen LogP contribution in [0.25, 0.3) is 0 Å². The van der Waals surface area contributed by atoms with E-state index in [1.165, 1.54) is 0 Å². The molecule has 0 aromatic heterocycles. The predicted octanol–water partition coefficient (Wildman–Crippen LogP) is 4.09. The lowest BCUT2D eigenvalue weighted by atomic mass is 10.1. The van der Waals surface area contributed by atoms with Gasteiger partial charge >= 0.3 is 0 Å². The summed E-state index contributed by atoms with van der Waals surface area (Å²) >= 11 is 9.66. The molecular weight excluding hydrogens is 314 g/mol. The second-order valence-corrected chi connectivity index (χ2v) is 5.72. The molecule has 0 amide bonds. The smallest absolute Gasteiger partial charge is 0.0558 e. The zero-order valence-electron chi connectivity index (χ0n) is 11.0. The predicted molar refractivity (Wildman–Crippen MR) is 81.0 cm³/mol.